The minimum atomic E-state index is -0.408. The minimum Gasteiger partial charge on any atom is -0.492 e. The van der Waals surface area contributed by atoms with Gasteiger partial charge in [0.05, 0.1) is 12.1 Å². The highest BCUT2D eigenvalue weighted by Crippen LogP contribution is 2.37. The number of likely N-dealkylation sites (N-methyl/N-ethyl adjacent to an activating group) is 1. The van der Waals surface area contributed by atoms with Crippen LogP contribution in [0.5, 0.6) is 5.75 Å². The number of ether oxygens (including phenoxy) is 1. The van der Waals surface area contributed by atoms with E-state index in [1.165, 1.54) is 11.3 Å². The van der Waals surface area contributed by atoms with Gasteiger partial charge in [-0.2, -0.15) is 0 Å². The predicted octanol–water partition coefficient (Wildman–Crippen LogP) is 4.54. The number of nitrogens with zero attached hydrogens (tertiary/aromatic N) is 2. The molecule has 0 aliphatic carbocycles. The van der Waals surface area contributed by atoms with Gasteiger partial charge in [0.15, 0.2) is 5.58 Å². The van der Waals surface area contributed by atoms with Crippen LogP contribution in [0.15, 0.2) is 63.8 Å². The number of benzene rings is 2. The molecule has 0 saturated carbocycles. The summed E-state index contributed by atoms with van der Waals surface area (Å²) >= 11 is 1.39. The van der Waals surface area contributed by atoms with Crippen molar-refractivity contribution in [1.29, 1.82) is 0 Å². The molecular formula is C24H25N3O4S. The highest BCUT2D eigenvalue weighted by atomic mass is 32.1. The van der Waals surface area contributed by atoms with Crippen molar-refractivity contribution < 1.29 is 13.9 Å². The van der Waals surface area contributed by atoms with Crippen molar-refractivity contribution in [3.8, 4) is 16.2 Å². The number of hydrogen-bond acceptors (Lipinski definition) is 6. The number of rotatable bonds is 8. The Kier molecular flexibility index (Phi) is 6.43. The maximum atomic E-state index is 13.1. The first-order valence-electron chi connectivity index (χ1n) is 10.4. The van der Waals surface area contributed by atoms with Crippen LogP contribution in [0.3, 0.4) is 0 Å². The molecule has 32 heavy (non-hydrogen) atoms. The zero-order valence-corrected chi connectivity index (χ0v) is 19.1. The van der Waals surface area contributed by atoms with E-state index in [-0.39, 0.29) is 5.91 Å². The molecule has 0 aliphatic rings. The van der Waals surface area contributed by atoms with Gasteiger partial charge in [-0.05, 0) is 50.8 Å². The SMILES string of the molecule is CCOc1cc(-c2ccccc2)sc1C(=O)Nc1ccc2oc(=O)n(CCN(C)C)c2c1. The van der Waals surface area contributed by atoms with Gasteiger partial charge < -0.3 is 19.4 Å². The fraction of sp³-hybridized carbons (Fsp3) is 0.250. The Bertz CT molecular complexity index is 1290. The van der Waals surface area contributed by atoms with Crippen LogP contribution in [0.1, 0.15) is 16.6 Å². The van der Waals surface area contributed by atoms with Crippen LogP contribution >= 0.6 is 11.3 Å². The quantitative estimate of drug-likeness (QED) is 0.426. The molecule has 0 fully saturated rings. The van der Waals surface area contributed by atoms with Crippen LogP contribution in [-0.4, -0.2) is 42.6 Å². The lowest BCUT2D eigenvalue weighted by atomic mass is 10.2. The molecule has 0 spiro atoms. The Balaban J connectivity index is 1.63. The van der Waals surface area contributed by atoms with Crippen LogP contribution in [0.25, 0.3) is 21.5 Å². The largest absolute Gasteiger partial charge is 0.492 e. The minimum absolute atomic E-state index is 0.259. The number of amides is 1. The molecule has 4 aromatic rings. The van der Waals surface area contributed by atoms with Crippen molar-refractivity contribution in [2.75, 3.05) is 32.6 Å². The topological polar surface area (TPSA) is 76.7 Å². The van der Waals surface area contributed by atoms with Crippen LogP contribution in [0, 0.1) is 0 Å². The molecule has 2 aromatic carbocycles. The number of hydrogen-bond donors (Lipinski definition) is 1. The molecule has 1 amide bonds. The van der Waals surface area contributed by atoms with Gasteiger partial charge in [-0.25, -0.2) is 4.79 Å². The molecule has 0 saturated heterocycles. The lowest BCUT2D eigenvalue weighted by Gasteiger charge is -2.10. The van der Waals surface area contributed by atoms with Crippen molar-refractivity contribution in [3.63, 3.8) is 0 Å². The maximum Gasteiger partial charge on any atom is 0.419 e. The predicted molar refractivity (Wildman–Crippen MR) is 128 cm³/mol. The van der Waals surface area contributed by atoms with Gasteiger partial charge in [0.2, 0.25) is 0 Å². The second kappa shape index (κ2) is 9.42. The van der Waals surface area contributed by atoms with Gasteiger partial charge in [-0.15, -0.1) is 11.3 Å². The lowest BCUT2D eigenvalue weighted by molar-refractivity contribution is 0.102. The highest BCUT2D eigenvalue weighted by Gasteiger charge is 2.19. The number of anilines is 1. The Labute approximate surface area is 189 Å². The first-order valence-corrected chi connectivity index (χ1v) is 11.2. The number of carbonyl (C=O) groups excluding carboxylic acids is 1. The van der Waals surface area contributed by atoms with Crippen molar-refractivity contribution in [3.05, 3.63) is 70.0 Å². The summed E-state index contributed by atoms with van der Waals surface area (Å²) in [5.74, 6) is -0.110. The molecule has 8 heteroatoms. The molecule has 0 bridgehead atoms. The van der Waals surface area contributed by atoms with Gasteiger partial charge in [0.25, 0.3) is 5.91 Å². The normalized spacial score (nSPS) is 11.2. The average Bonchev–Trinajstić information content (AvgIpc) is 3.33. The average molecular weight is 452 g/mol. The monoisotopic (exact) mass is 451 g/mol. The van der Waals surface area contributed by atoms with Crippen LogP contribution < -0.4 is 15.8 Å². The summed E-state index contributed by atoms with van der Waals surface area (Å²) < 4.78 is 12.6. The third-order valence-electron chi connectivity index (χ3n) is 4.96. The molecule has 2 aromatic heterocycles. The number of nitrogens with one attached hydrogen (secondary N) is 1. The third-order valence-corrected chi connectivity index (χ3v) is 6.12. The van der Waals surface area contributed by atoms with E-state index in [0.717, 1.165) is 10.4 Å². The molecule has 0 unspecified atom stereocenters. The number of aromatic nitrogens is 1. The first-order chi connectivity index (χ1) is 15.5. The number of thiophene rings is 1. The van der Waals surface area contributed by atoms with Crippen molar-refractivity contribution in [1.82, 2.24) is 9.47 Å². The van der Waals surface area contributed by atoms with Gasteiger partial charge in [0, 0.05) is 23.7 Å². The van der Waals surface area contributed by atoms with E-state index in [2.05, 4.69) is 5.32 Å². The molecule has 0 atom stereocenters. The van der Waals surface area contributed by atoms with E-state index in [0.29, 0.717) is 47.1 Å². The van der Waals surface area contributed by atoms with E-state index >= 15 is 0 Å². The molecule has 1 N–H and O–H groups in total. The Morgan fingerprint density at radius 2 is 1.94 bits per heavy atom. The van der Waals surface area contributed by atoms with Crippen LogP contribution in [0.2, 0.25) is 0 Å². The highest BCUT2D eigenvalue weighted by molar-refractivity contribution is 7.17. The second-order valence-electron chi connectivity index (χ2n) is 7.56. The molecule has 166 valence electrons. The Hall–Kier alpha value is -3.36. The zero-order chi connectivity index (χ0) is 22.7. The van der Waals surface area contributed by atoms with Crippen molar-refractivity contribution in [2.45, 2.75) is 13.5 Å². The molecule has 4 rings (SSSR count). The summed E-state index contributed by atoms with van der Waals surface area (Å²) in [6.45, 7) is 3.54. The summed E-state index contributed by atoms with van der Waals surface area (Å²) in [6, 6.07) is 17.0. The van der Waals surface area contributed by atoms with E-state index in [1.807, 2.05) is 62.3 Å². The van der Waals surface area contributed by atoms with Crippen molar-refractivity contribution >= 4 is 34.0 Å². The first kappa shape index (κ1) is 21.9. The molecule has 7 nitrogen and oxygen atoms in total. The Morgan fingerprint density at radius 3 is 2.66 bits per heavy atom. The molecule has 0 radical (unpaired) electrons. The van der Waals surface area contributed by atoms with Crippen LogP contribution in [0.4, 0.5) is 5.69 Å². The maximum absolute atomic E-state index is 13.1. The van der Waals surface area contributed by atoms with Gasteiger partial charge in [-0.1, -0.05) is 30.3 Å². The smallest absolute Gasteiger partial charge is 0.419 e. The number of oxazole rings is 1. The number of carbonyl (C=O) groups is 1. The lowest BCUT2D eigenvalue weighted by Crippen LogP contribution is -2.23. The molecular weight excluding hydrogens is 426 g/mol. The van der Waals surface area contributed by atoms with Gasteiger partial charge in [0.1, 0.15) is 10.6 Å². The van der Waals surface area contributed by atoms with E-state index < -0.39 is 5.76 Å². The number of fused-ring (bicyclic) bond motifs is 1. The summed E-state index contributed by atoms with van der Waals surface area (Å²) in [4.78, 5) is 28.8. The van der Waals surface area contributed by atoms with E-state index in [9.17, 15) is 9.59 Å². The van der Waals surface area contributed by atoms with Gasteiger partial charge >= 0.3 is 5.76 Å². The molecule has 2 heterocycles. The van der Waals surface area contributed by atoms with Gasteiger partial charge in [-0.3, -0.25) is 9.36 Å². The Morgan fingerprint density at radius 1 is 1.16 bits per heavy atom. The summed E-state index contributed by atoms with van der Waals surface area (Å²) in [6.07, 6.45) is 0. The molecule has 0 aliphatic heterocycles. The van der Waals surface area contributed by atoms with Crippen molar-refractivity contribution in [2.24, 2.45) is 0 Å². The zero-order valence-electron chi connectivity index (χ0n) is 18.3. The van der Waals surface area contributed by atoms with Crippen LogP contribution in [-0.2, 0) is 6.54 Å². The third kappa shape index (κ3) is 4.61. The standard InChI is InChI=1S/C24H25N3O4S/c1-4-30-20-15-21(16-8-6-5-7-9-16)32-22(20)23(28)25-17-10-11-19-18(14-17)27(24(29)31-19)13-12-26(2)3/h5-11,14-15H,4,12-13H2,1-3H3,(H,25,28). The van der Waals surface area contributed by atoms with E-state index in [1.54, 1.807) is 22.8 Å². The fourth-order valence-corrected chi connectivity index (χ4v) is 4.38. The second-order valence-corrected chi connectivity index (χ2v) is 8.61. The summed E-state index contributed by atoms with van der Waals surface area (Å²) in [7, 11) is 3.89. The van der Waals surface area contributed by atoms with E-state index in [4.69, 9.17) is 9.15 Å². The summed E-state index contributed by atoms with van der Waals surface area (Å²) in [5, 5.41) is 2.94. The summed E-state index contributed by atoms with van der Waals surface area (Å²) in [5.41, 5.74) is 2.75. The fourth-order valence-electron chi connectivity index (χ4n) is 3.38.